The second-order valence-corrected chi connectivity index (χ2v) is 2.56. The maximum Gasteiger partial charge on any atom is 1.00 e. The van der Waals surface area contributed by atoms with E-state index in [-0.39, 0.29) is 40.9 Å². The van der Waals surface area contributed by atoms with E-state index in [1.165, 1.54) is 6.92 Å². The van der Waals surface area contributed by atoms with Gasteiger partial charge in [-0.3, -0.25) is 4.79 Å². The summed E-state index contributed by atoms with van der Waals surface area (Å²) in [6.07, 6.45) is 2.38. The molecule has 0 aromatic carbocycles. The molecule has 14 heavy (non-hydrogen) atoms. The zero-order valence-electron chi connectivity index (χ0n) is 8.03. The van der Waals surface area contributed by atoms with Crippen LogP contribution in [0, 0.1) is 0 Å². The number of carbonyl (C=O) groups excluding carboxylic acids is 2. The Balaban J connectivity index is 0.00000169. The number of carboxylic acid groups (broad SMARTS) is 1. The maximum atomic E-state index is 11.4. The van der Waals surface area contributed by atoms with Crippen molar-refractivity contribution in [3.63, 3.8) is 0 Å². The number of hydrogen-bond acceptors (Lipinski definition) is 3. The van der Waals surface area contributed by atoms with Gasteiger partial charge in [0.25, 0.3) is 0 Å². The fraction of sp³-hybridized carbons (Fsp3) is 0.111. The molecule has 0 bridgehead atoms. The van der Waals surface area contributed by atoms with Crippen LogP contribution in [-0.4, -0.2) is 16.7 Å². The van der Waals surface area contributed by atoms with Crippen molar-refractivity contribution < 1.29 is 44.3 Å². The smallest absolute Gasteiger partial charge is 0.545 e. The molecule has 0 atom stereocenters. The number of nitrogens with one attached hydrogen (secondary N) is 1. The quantitative estimate of drug-likeness (QED) is 0.320. The first-order valence-electron chi connectivity index (χ1n) is 3.68. The Morgan fingerprint density at radius 2 is 2.14 bits per heavy atom. The Labute approximate surface area is 103 Å². The number of hydrogen-bond donors (Lipinski definition) is 1. The van der Waals surface area contributed by atoms with Gasteiger partial charge in [-0.15, -0.1) is 0 Å². The van der Waals surface area contributed by atoms with Crippen LogP contribution in [0.1, 0.15) is 17.4 Å². The van der Waals surface area contributed by atoms with E-state index < -0.39 is 5.97 Å². The molecule has 1 aromatic heterocycles. The third-order valence-corrected chi connectivity index (χ3v) is 1.54. The molecular weight excluding hydrogens is 193 g/mol. The molecule has 1 aromatic rings. The summed E-state index contributed by atoms with van der Waals surface area (Å²) in [7, 11) is 0. The van der Waals surface area contributed by atoms with Gasteiger partial charge in [0.2, 0.25) is 5.78 Å². The first kappa shape index (κ1) is 13.2. The van der Waals surface area contributed by atoms with Crippen LogP contribution >= 0.6 is 0 Å². The van der Waals surface area contributed by atoms with Crippen molar-refractivity contribution in [3.8, 4) is 0 Å². The van der Waals surface area contributed by atoms with Gasteiger partial charge in [0, 0.05) is 11.8 Å². The molecule has 0 aliphatic rings. The number of rotatable bonds is 3. The van der Waals surface area contributed by atoms with Crippen molar-refractivity contribution in [2.75, 3.05) is 0 Å². The first-order valence-corrected chi connectivity index (χ1v) is 3.68. The van der Waals surface area contributed by atoms with E-state index in [0.29, 0.717) is 5.69 Å². The van der Waals surface area contributed by atoms with Gasteiger partial charge in [0.15, 0.2) is 0 Å². The minimum atomic E-state index is -1.36. The summed E-state index contributed by atoms with van der Waals surface area (Å²) >= 11 is 0. The first-order chi connectivity index (χ1) is 6.11. The molecule has 0 radical (unpaired) electrons. The number of carboxylic acids is 1. The normalized spacial score (nSPS) is 10.5. The average molecular weight is 201 g/mol. The van der Waals surface area contributed by atoms with E-state index in [0.717, 1.165) is 6.08 Å². The Kier molecular flexibility index (Phi) is 5.45. The summed E-state index contributed by atoms with van der Waals surface area (Å²) in [5, 5.41) is 10.1. The number of Topliss-reactive ketones (excluding diaryl/α,β-unsaturated/α-hetero) is 1. The fourth-order valence-corrected chi connectivity index (χ4v) is 0.926. The Morgan fingerprint density at radius 1 is 1.50 bits per heavy atom. The largest absolute Gasteiger partial charge is 1.00 e. The number of allylic oxidation sites excluding steroid dienone is 1. The zero-order chi connectivity index (χ0) is 9.84. The van der Waals surface area contributed by atoms with Crippen LogP contribution in [0.5, 0.6) is 0 Å². The molecule has 0 saturated carbocycles. The summed E-state index contributed by atoms with van der Waals surface area (Å²) < 4.78 is 0. The van der Waals surface area contributed by atoms with E-state index in [1.54, 1.807) is 18.3 Å². The van der Waals surface area contributed by atoms with Crippen LogP contribution in [0.25, 0.3) is 0 Å². The van der Waals surface area contributed by atoms with Crippen molar-refractivity contribution >= 4 is 11.8 Å². The summed E-state index contributed by atoms with van der Waals surface area (Å²) in [5.74, 6) is -1.70. The van der Waals surface area contributed by atoms with Crippen LogP contribution in [0.4, 0.5) is 0 Å². The third-order valence-electron chi connectivity index (χ3n) is 1.54. The van der Waals surface area contributed by atoms with Crippen molar-refractivity contribution in [3.05, 3.63) is 35.7 Å². The monoisotopic (exact) mass is 201 g/mol. The molecule has 0 amide bonds. The summed E-state index contributed by atoms with van der Waals surface area (Å²) in [6.45, 7) is 1.43. The predicted octanol–water partition coefficient (Wildman–Crippen LogP) is -3.10. The molecular formula is C9H8NNaO3. The number of aliphatic carboxylic acids is 1. The molecule has 0 fully saturated rings. The van der Waals surface area contributed by atoms with Crippen LogP contribution in [0.3, 0.4) is 0 Å². The number of H-pyrrole nitrogens is 1. The second kappa shape index (κ2) is 5.80. The molecule has 4 nitrogen and oxygen atoms in total. The second-order valence-electron chi connectivity index (χ2n) is 2.56. The van der Waals surface area contributed by atoms with Gasteiger partial charge in [-0.2, -0.15) is 0 Å². The molecule has 0 saturated heterocycles. The minimum Gasteiger partial charge on any atom is -0.545 e. The predicted molar refractivity (Wildman–Crippen MR) is 43.9 cm³/mol. The van der Waals surface area contributed by atoms with Crippen LogP contribution in [-0.2, 0) is 4.79 Å². The van der Waals surface area contributed by atoms with Gasteiger partial charge in [-0.1, -0.05) is 0 Å². The SMILES string of the molecule is CC(=CC(=O)[O-])C(=O)c1ccc[nH]1.[Na+]. The molecule has 68 valence electrons. The fourth-order valence-electron chi connectivity index (χ4n) is 0.926. The van der Waals surface area contributed by atoms with Crippen molar-refractivity contribution in [1.29, 1.82) is 0 Å². The summed E-state index contributed by atoms with van der Waals surface area (Å²) in [5.41, 5.74) is 0.512. The Hall–Kier alpha value is -0.840. The molecule has 5 heteroatoms. The molecule has 0 aliphatic heterocycles. The van der Waals surface area contributed by atoms with Gasteiger partial charge >= 0.3 is 29.6 Å². The van der Waals surface area contributed by atoms with Crippen LogP contribution in [0.15, 0.2) is 30.0 Å². The van der Waals surface area contributed by atoms with Crippen molar-refractivity contribution in [2.24, 2.45) is 0 Å². The van der Waals surface area contributed by atoms with E-state index in [4.69, 9.17) is 0 Å². The van der Waals surface area contributed by atoms with E-state index in [9.17, 15) is 14.7 Å². The Morgan fingerprint density at radius 3 is 2.57 bits per heavy atom. The van der Waals surface area contributed by atoms with Crippen molar-refractivity contribution in [2.45, 2.75) is 6.92 Å². The molecule has 1 N–H and O–H groups in total. The summed E-state index contributed by atoms with van der Waals surface area (Å²) in [4.78, 5) is 24.2. The van der Waals surface area contributed by atoms with Crippen molar-refractivity contribution in [1.82, 2.24) is 4.98 Å². The number of ketones is 1. The molecule has 0 unspecified atom stereocenters. The third kappa shape index (κ3) is 3.49. The Bertz CT molecular complexity index is 354. The van der Waals surface area contributed by atoms with Gasteiger partial charge in [-0.05, 0) is 25.1 Å². The molecule has 1 heterocycles. The number of aromatic amines is 1. The molecule has 0 spiro atoms. The van der Waals surface area contributed by atoms with Crippen LogP contribution < -0.4 is 34.7 Å². The van der Waals surface area contributed by atoms with E-state index >= 15 is 0 Å². The van der Waals surface area contributed by atoms with E-state index in [2.05, 4.69) is 4.98 Å². The maximum absolute atomic E-state index is 11.4. The molecule has 1 rings (SSSR count). The van der Waals surface area contributed by atoms with E-state index in [1.807, 2.05) is 0 Å². The topological polar surface area (TPSA) is 73.0 Å². The average Bonchev–Trinajstić information content (AvgIpc) is 2.53. The number of aromatic nitrogens is 1. The minimum absolute atomic E-state index is 0. The van der Waals surface area contributed by atoms with Gasteiger partial charge in [-0.25, -0.2) is 0 Å². The van der Waals surface area contributed by atoms with Gasteiger partial charge in [0.1, 0.15) is 0 Å². The summed E-state index contributed by atoms with van der Waals surface area (Å²) in [6, 6.07) is 3.24. The standard InChI is InChI=1S/C9H9NO3.Na/c1-6(5-8(11)12)9(13)7-3-2-4-10-7;/h2-5,10H,1H3,(H,11,12);/q;+1/p-1. The zero-order valence-corrected chi connectivity index (χ0v) is 10.0. The van der Waals surface area contributed by atoms with Gasteiger partial charge in [0.05, 0.1) is 11.7 Å². The van der Waals surface area contributed by atoms with Gasteiger partial charge < -0.3 is 14.9 Å². The molecule has 0 aliphatic carbocycles. The van der Waals surface area contributed by atoms with Crippen LogP contribution in [0.2, 0.25) is 0 Å². The number of carbonyl (C=O) groups is 2.